The molecule has 1 aliphatic heterocycles. The average Bonchev–Trinajstić information content (AvgIpc) is 2.45. The van der Waals surface area contributed by atoms with E-state index in [-0.39, 0.29) is 17.5 Å². The lowest BCUT2D eigenvalue weighted by Crippen LogP contribution is -2.39. The number of nitrogen functional groups attached to an aromatic ring is 1. The lowest BCUT2D eigenvalue weighted by Gasteiger charge is -2.35. The Labute approximate surface area is 135 Å². The van der Waals surface area contributed by atoms with Gasteiger partial charge in [-0.3, -0.25) is 10.1 Å². The highest BCUT2D eigenvalue weighted by atomic mass is 16.6. The second kappa shape index (κ2) is 7.40. The number of piperidine rings is 1. The van der Waals surface area contributed by atoms with Gasteiger partial charge in [0.2, 0.25) is 17.6 Å². The average molecular weight is 324 g/mol. The quantitative estimate of drug-likeness (QED) is 0.459. The summed E-state index contributed by atoms with van der Waals surface area (Å²) in [6.07, 6.45) is 1.10. The molecule has 0 saturated carbocycles. The molecule has 3 N–H and O–H groups in total. The molecule has 2 heterocycles. The van der Waals surface area contributed by atoms with Crippen LogP contribution in [0.25, 0.3) is 0 Å². The fourth-order valence-electron chi connectivity index (χ4n) is 3.04. The molecule has 1 aromatic heterocycles. The lowest BCUT2D eigenvalue weighted by molar-refractivity contribution is -0.383. The monoisotopic (exact) mass is 324 g/mol. The van der Waals surface area contributed by atoms with Gasteiger partial charge in [-0.1, -0.05) is 13.8 Å². The smallest absolute Gasteiger partial charge is 0.353 e. The van der Waals surface area contributed by atoms with Crippen molar-refractivity contribution in [2.45, 2.75) is 20.3 Å². The normalized spacial score (nSPS) is 21.3. The molecule has 0 amide bonds. The summed E-state index contributed by atoms with van der Waals surface area (Å²) in [5.41, 5.74) is 5.59. The third-order valence-corrected chi connectivity index (χ3v) is 3.83. The van der Waals surface area contributed by atoms with Gasteiger partial charge in [-0.2, -0.15) is 9.97 Å². The van der Waals surface area contributed by atoms with E-state index in [1.807, 2.05) is 4.90 Å². The van der Waals surface area contributed by atoms with Crippen LogP contribution in [0, 0.1) is 22.0 Å². The van der Waals surface area contributed by atoms with E-state index in [9.17, 15) is 10.1 Å². The molecule has 2 rings (SSSR count). The molecule has 1 fully saturated rings. The van der Waals surface area contributed by atoms with Crippen LogP contribution in [0.4, 0.5) is 23.3 Å². The standard InChI is InChI=1S/C14H24N6O3/c1-9-6-10(2)8-19(7-9)13-11(20(21)22)12(15)17-14(18-13)16-4-5-23-3/h9-10H,4-8H2,1-3H3,(H3,15,16,17,18). The van der Waals surface area contributed by atoms with Gasteiger partial charge in [-0.05, 0) is 18.3 Å². The maximum Gasteiger partial charge on any atom is 0.353 e. The molecule has 9 heteroatoms. The largest absolute Gasteiger partial charge is 0.383 e. The highest BCUT2D eigenvalue weighted by Crippen LogP contribution is 2.35. The van der Waals surface area contributed by atoms with Gasteiger partial charge >= 0.3 is 5.69 Å². The first kappa shape index (κ1) is 17.2. The predicted molar refractivity (Wildman–Crippen MR) is 88.6 cm³/mol. The molecule has 9 nitrogen and oxygen atoms in total. The highest BCUT2D eigenvalue weighted by molar-refractivity contribution is 5.71. The molecule has 0 radical (unpaired) electrons. The summed E-state index contributed by atoms with van der Waals surface area (Å²) in [6, 6.07) is 0. The number of rotatable bonds is 6. The van der Waals surface area contributed by atoms with E-state index >= 15 is 0 Å². The Hall–Kier alpha value is -2.16. The van der Waals surface area contributed by atoms with Crippen LogP contribution >= 0.6 is 0 Å². The molecule has 128 valence electrons. The van der Waals surface area contributed by atoms with Crippen LogP contribution in [-0.4, -0.2) is 48.2 Å². The molecule has 0 bridgehead atoms. The summed E-state index contributed by atoms with van der Waals surface area (Å²) in [7, 11) is 1.59. The number of anilines is 3. The predicted octanol–water partition coefficient (Wildman–Crippen LogP) is 1.51. The van der Waals surface area contributed by atoms with E-state index < -0.39 is 4.92 Å². The molecule has 0 aromatic carbocycles. The van der Waals surface area contributed by atoms with Crippen molar-refractivity contribution in [2.24, 2.45) is 11.8 Å². The Morgan fingerprint density at radius 3 is 2.61 bits per heavy atom. The number of ether oxygens (including phenoxy) is 1. The molecular formula is C14H24N6O3. The van der Waals surface area contributed by atoms with Crippen LogP contribution in [-0.2, 0) is 4.74 Å². The van der Waals surface area contributed by atoms with Crippen molar-refractivity contribution in [1.82, 2.24) is 9.97 Å². The summed E-state index contributed by atoms with van der Waals surface area (Å²) in [6.45, 7) is 6.69. The highest BCUT2D eigenvalue weighted by Gasteiger charge is 2.31. The van der Waals surface area contributed by atoms with Crippen LogP contribution in [0.3, 0.4) is 0 Å². The van der Waals surface area contributed by atoms with Crippen LogP contribution in [0.2, 0.25) is 0 Å². The van der Waals surface area contributed by atoms with E-state index in [4.69, 9.17) is 10.5 Å². The maximum absolute atomic E-state index is 11.4. The number of aromatic nitrogens is 2. The van der Waals surface area contributed by atoms with Crippen molar-refractivity contribution < 1.29 is 9.66 Å². The second-order valence-electron chi connectivity index (χ2n) is 6.13. The molecule has 0 aliphatic carbocycles. The van der Waals surface area contributed by atoms with Gasteiger partial charge in [0.05, 0.1) is 11.5 Å². The van der Waals surface area contributed by atoms with Gasteiger partial charge < -0.3 is 20.7 Å². The number of nitrogens with one attached hydrogen (secondary N) is 1. The number of nitrogens with two attached hydrogens (primary N) is 1. The van der Waals surface area contributed by atoms with Crippen molar-refractivity contribution in [3.8, 4) is 0 Å². The number of nitro groups is 1. The van der Waals surface area contributed by atoms with Crippen molar-refractivity contribution in [3.63, 3.8) is 0 Å². The SMILES string of the molecule is COCCNc1nc(N)c([N+](=O)[O-])c(N2CC(C)CC(C)C2)n1. The van der Waals surface area contributed by atoms with Crippen molar-refractivity contribution >= 4 is 23.3 Å². The third kappa shape index (κ3) is 4.19. The minimum absolute atomic E-state index is 0.120. The molecule has 2 atom stereocenters. The Bertz CT molecular complexity index is 558. The summed E-state index contributed by atoms with van der Waals surface area (Å²) in [5.74, 6) is 1.34. The van der Waals surface area contributed by atoms with Crippen molar-refractivity contribution in [3.05, 3.63) is 10.1 Å². The summed E-state index contributed by atoms with van der Waals surface area (Å²) in [4.78, 5) is 21.2. The Balaban J connectivity index is 2.35. The van der Waals surface area contributed by atoms with Crippen LogP contribution in [0.15, 0.2) is 0 Å². The number of methoxy groups -OCH3 is 1. The summed E-state index contributed by atoms with van der Waals surface area (Å²) in [5, 5.41) is 14.4. The fraction of sp³-hybridized carbons (Fsp3) is 0.714. The van der Waals surface area contributed by atoms with Gasteiger partial charge in [-0.15, -0.1) is 0 Å². The van der Waals surface area contributed by atoms with Gasteiger partial charge in [0, 0.05) is 26.7 Å². The van der Waals surface area contributed by atoms with E-state index in [0.29, 0.717) is 30.8 Å². The maximum atomic E-state index is 11.4. The van der Waals surface area contributed by atoms with Crippen LogP contribution in [0.1, 0.15) is 20.3 Å². The summed E-state index contributed by atoms with van der Waals surface area (Å²) >= 11 is 0. The lowest BCUT2D eigenvalue weighted by atomic mass is 9.92. The van der Waals surface area contributed by atoms with Crippen molar-refractivity contribution in [2.75, 3.05) is 49.3 Å². The molecule has 2 unspecified atom stereocenters. The first-order valence-corrected chi connectivity index (χ1v) is 7.72. The van der Waals surface area contributed by atoms with Crippen LogP contribution in [0.5, 0.6) is 0 Å². The van der Waals surface area contributed by atoms with Gasteiger partial charge in [0.15, 0.2) is 0 Å². The number of nitrogens with zero attached hydrogens (tertiary/aromatic N) is 4. The minimum atomic E-state index is -0.506. The molecule has 0 spiro atoms. The molecule has 1 saturated heterocycles. The number of hydrogen-bond donors (Lipinski definition) is 2. The first-order chi connectivity index (χ1) is 10.9. The van der Waals surface area contributed by atoms with Crippen molar-refractivity contribution in [1.29, 1.82) is 0 Å². The van der Waals surface area contributed by atoms with E-state index in [1.165, 1.54) is 0 Å². The third-order valence-electron chi connectivity index (χ3n) is 3.83. The Morgan fingerprint density at radius 2 is 2.04 bits per heavy atom. The molecular weight excluding hydrogens is 300 g/mol. The zero-order valence-corrected chi connectivity index (χ0v) is 13.8. The Morgan fingerprint density at radius 1 is 1.39 bits per heavy atom. The first-order valence-electron chi connectivity index (χ1n) is 7.72. The molecule has 23 heavy (non-hydrogen) atoms. The molecule has 1 aliphatic rings. The van der Waals surface area contributed by atoms with E-state index in [1.54, 1.807) is 7.11 Å². The van der Waals surface area contributed by atoms with Crippen LogP contribution < -0.4 is 16.0 Å². The zero-order chi connectivity index (χ0) is 17.0. The van der Waals surface area contributed by atoms with Gasteiger partial charge in [0.25, 0.3) is 0 Å². The van der Waals surface area contributed by atoms with Gasteiger partial charge in [0.1, 0.15) is 0 Å². The minimum Gasteiger partial charge on any atom is -0.383 e. The topological polar surface area (TPSA) is 119 Å². The Kier molecular flexibility index (Phi) is 5.54. The molecule has 1 aromatic rings. The van der Waals surface area contributed by atoms with E-state index in [0.717, 1.165) is 19.5 Å². The zero-order valence-electron chi connectivity index (χ0n) is 13.8. The summed E-state index contributed by atoms with van der Waals surface area (Å²) < 4.78 is 4.96. The fourth-order valence-corrected chi connectivity index (χ4v) is 3.04. The second-order valence-corrected chi connectivity index (χ2v) is 6.13. The van der Waals surface area contributed by atoms with Gasteiger partial charge in [-0.25, -0.2) is 0 Å². The number of hydrogen-bond acceptors (Lipinski definition) is 8. The van der Waals surface area contributed by atoms with E-state index in [2.05, 4.69) is 29.1 Å².